The van der Waals surface area contributed by atoms with Crippen molar-refractivity contribution < 1.29 is 28.3 Å². The van der Waals surface area contributed by atoms with Gasteiger partial charge in [-0.2, -0.15) is 0 Å². The van der Waals surface area contributed by atoms with Gasteiger partial charge in [-0.25, -0.2) is 13.6 Å². The number of thiocarbonyl (C=S) groups is 1. The molecule has 2 N–H and O–H groups in total. The highest BCUT2D eigenvalue weighted by molar-refractivity contribution is 8.26. The van der Waals surface area contributed by atoms with Crippen LogP contribution in [0.1, 0.15) is 21.7 Å². The average Bonchev–Trinajstić information content (AvgIpc) is 3.39. The van der Waals surface area contributed by atoms with Crippen LogP contribution in [-0.4, -0.2) is 38.7 Å². The summed E-state index contributed by atoms with van der Waals surface area (Å²) in [5.74, 6) is -3.68. The lowest BCUT2D eigenvalue weighted by Gasteiger charge is -2.14. The number of rotatable bonds is 7. The highest BCUT2D eigenvalue weighted by Gasteiger charge is 2.32. The van der Waals surface area contributed by atoms with Crippen molar-refractivity contribution in [2.45, 2.75) is 6.42 Å². The summed E-state index contributed by atoms with van der Waals surface area (Å²) >= 11 is 7.76. The number of aromatic carboxylic acids is 1. The van der Waals surface area contributed by atoms with E-state index in [0.717, 1.165) is 28.8 Å². The summed E-state index contributed by atoms with van der Waals surface area (Å²) < 4.78 is 27.0. The molecule has 0 saturated carbocycles. The number of carboxylic acid groups (broad SMARTS) is 1. The second-order valence-electron chi connectivity index (χ2n) is 7.38. The van der Waals surface area contributed by atoms with Gasteiger partial charge in [0.2, 0.25) is 5.91 Å². The van der Waals surface area contributed by atoms with Gasteiger partial charge in [0.05, 0.1) is 10.5 Å². The molecule has 6 nitrogen and oxygen atoms in total. The Morgan fingerprint density at radius 2 is 1.89 bits per heavy atom. The van der Waals surface area contributed by atoms with Crippen molar-refractivity contribution in [1.82, 2.24) is 4.90 Å². The van der Waals surface area contributed by atoms with E-state index < -0.39 is 17.6 Å². The van der Waals surface area contributed by atoms with Gasteiger partial charge in [-0.1, -0.05) is 36.1 Å². The summed E-state index contributed by atoms with van der Waals surface area (Å²) in [6, 6.07) is 11.3. The van der Waals surface area contributed by atoms with Gasteiger partial charge in [-0.3, -0.25) is 14.5 Å². The van der Waals surface area contributed by atoms with Gasteiger partial charge in [0.25, 0.3) is 5.91 Å². The molecule has 11 heteroatoms. The summed E-state index contributed by atoms with van der Waals surface area (Å²) in [5, 5.41) is 13.4. The number of anilines is 1. The standard InChI is InChI=1S/C24H16F2N2O4S3/c25-18-5-4-13(10-19(18)26)15-9-17(34-12-15)11-20-22(30)28(24(33)35-20)7-6-21(29)27-16-3-1-2-14(8-16)23(31)32/h1-5,8-12H,6-7H2,(H,27,29)(H,31,32)/b20-11-. The Morgan fingerprint density at radius 3 is 2.63 bits per heavy atom. The molecule has 0 unspecified atom stereocenters. The maximum atomic E-state index is 13.5. The van der Waals surface area contributed by atoms with Crippen LogP contribution in [0.15, 0.2) is 58.8 Å². The van der Waals surface area contributed by atoms with Crippen molar-refractivity contribution in [2.24, 2.45) is 0 Å². The molecule has 1 fully saturated rings. The zero-order valence-electron chi connectivity index (χ0n) is 17.8. The molecule has 1 saturated heterocycles. The van der Waals surface area contributed by atoms with E-state index in [1.165, 1.54) is 40.5 Å². The molecule has 1 aliphatic heterocycles. The van der Waals surface area contributed by atoms with Gasteiger partial charge < -0.3 is 10.4 Å². The Balaban J connectivity index is 1.39. The molecule has 0 bridgehead atoms. The molecular formula is C24H16F2N2O4S3. The minimum atomic E-state index is -1.10. The minimum absolute atomic E-state index is 0.0314. The Bertz CT molecular complexity index is 1390. The molecule has 178 valence electrons. The van der Waals surface area contributed by atoms with Crippen LogP contribution in [0.25, 0.3) is 17.2 Å². The Kier molecular flexibility index (Phi) is 7.39. The number of halogens is 2. The van der Waals surface area contributed by atoms with Gasteiger partial charge in [0, 0.05) is 23.5 Å². The van der Waals surface area contributed by atoms with E-state index in [1.807, 2.05) is 0 Å². The van der Waals surface area contributed by atoms with E-state index in [4.69, 9.17) is 17.3 Å². The van der Waals surface area contributed by atoms with Gasteiger partial charge >= 0.3 is 5.97 Å². The first-order valence-corrected chi connectivity index (χ1v) is 12.2. The molecular weight excluding hydrogens is 514 g/mol. The third-order valence-corrected chi connectivity index (χ3v) is 7.23. The molecule has 0 atom stereocenters. The Labute approximate surface area is 212 Å². The van der Waals surface area contributed by atoms with E-state index >= 15 is 0 Å². The van der Waals surface area contributed by atoms with E-state index in [1.54, 1.807) is 23.6 Å². The SMILES string of the molecule is O=C(CCN1C(=O)/C(=C/c2cc(-c3ccc(F)c(F)c3)cs2)SC1=S)Nc1cccc(C(=O)O)c1. The van der Waals surface area contributed by atoms with Crippen LogP contribution in [-0.2, 0) is 9.59 Å². The highest BCUT2D eigenvalue weighted by Crippen LogP contribution is 2.35. The van der Waals surface area contributed by atoms with Crippen molar-refractivity contribution in [2.75, 3.05) is 11.9 Å². The van der Waals surface area contributed by atoms with Crippen LogP contribution >= 0.6 is 35.3 Å². The number of thioether (sulfide) groups is 1. The smallest absolute Gasteiger partial charge is 0.335 e. The fourth-order valence-electron chi connectivity index (χ4n) is 3.24. The first-order valence-electron chi connectivity index (χ1n) is 10.1. The summed E-state index contributed by atoms with van der Waals surface area (Å²) in [6.45, 7) is 0.0665. The molecule has 0 radical (unpaired) electrons. The molecule has 1 aliphatic rings. The van der Waals surface area contributed by atoms with Crippen molar-refractivity contribution in [3.05, 3.63) is 80.9 Å². The molecule has 0 aliphatic carbocycles. The first kappa shape index (κ1) is 24.7. The number of hydrogen-bond donors (Lipinski definition) is 2. The number of amides is 2. The van der Waals surface area contributed by atoms with Crippen molar-refractivity contribution in [3.63, 3.8) is 0 Å². The van der Waals surface area contributed by atoms with E-state index in [-0.39, 0.29) is 30.3 Å². The van der Waals surface area contributed by atoms with Crippen LogP contribution in [0.4, 0.5) is 14.5 Å². The number of hydrogen-bond acceptors (Lipinski definition) is 6. The van der Waals surface area contributed by atoms with E-state index in [0.29, 0.717) is 26.0 Å². The van der Waals surface area contributed by atoms with E-state index in [2.05, 4.69) is 5.32 Å². The highest BCUT2D eigenvalue weighted by atomic mass is 32.2. The monoisotopic (exact) mass is 530 g/mol. The third kappa shape index (κ3) is 5.81. The summed E-state index contributed by atoms with van der Waals surface area (Å²) in [6.07, 6.45) is 1.64. The zero-order valence-corrected chi connectivity index (χ0v) is 20.2. The van der Waals surface area contributed by atoms with Crippen LogP contribution in [0.2, 0.25) is 0 Å². The molecule has 2 aromatic carbocycles. The van der Waals surface area contributed by atoms with Crippen LogP contribution in [0.3, 0.4) is 0 Å². The molecule has 35 heavy (non-hydrogen) atoms. The Morgan fingerprint density at radius 1 is 1.09 bits per heavy atom. The predicted octanol–water partition coefficient (Wildman–Crippen LogP) is 5.62. The van der Waals surface area contributed by atoms with Crippen LogP contribution in [0, 0.1) is 11.6 Å². The number of nitrogens with one attached hydrogen (secondary N) is 1. The van der Waals surface area contributed by atoms with E-state index in [9.17, 15) is 23.2 Å². The van der Waals surface area contributed by atoms with Gasteiger partial charge in [-0.05, 0) is 59.0 Å². The van der Waals surface area contributed by atoms with Crippen molar-refractivity contribution in [1.29, 1.82) is 0 Å². The van der Waals surface area contributed by atoms with Gasteiger partial charge in [0.15, 0.2) is 11.6 Å². The fraction of sp³-hybridized carbons (Fsp3) is 0.0833. The Hall–Kier alpha value is -3.41. The summed E-state index contributed by atoms with van der Waals surface area (Å²) in [4.78, 5) is 38.7. The number of carboxylic acids is 1. The normalized spacial score (nSPS) is 14.6. The maximum absolute atomic E-state index is 13.5. The quantitative estimate of drug-likeness (QED) is 0.305. The molecule has 4 rings (SSSR count). The van der Waals surface area contributed by atoms with Gasteiger partial charge in [0.1, 0.15) is 4.32 Å². The lowest BCUT2D eigenvalue weighted by molar-refractivity contribution is -0.122. The zero-order chi connectivity index (χ0) is 25.1. The lowest BCUT2D eigenvalue weighted by Crippen LogP contribution is -2.31. The first-order chi connectivity index (χ1) is 16.7. The summed E-state index contributed by atoms with van der Waals surface area (Å²) in [5.41, 5.74) is 1.60. The number of nitrogens with zero attached hydrogens (tertiary/aromatic N) is 1. The van der Waals surface area contributed by atoms with Crippen LogP contribution in [0.5, 0.6) is 0 Å². The fourth-order valence-corrected chi connectivity index (χ4v) is 5.47. The topological polar surface area (TPSA) is 86.7 Å². The second kappa shape index (κ2) is 10.5. The minimum Gasteiger partial charge on any atom is -0.478 e. The maximum Gasteiger partial charge on any atom is 0.335 e. The third-order valence-electron chi connectivity index (χ3n) is 4.98. The van der Waals surface area contributed by atoms with Gasteiger partial charge in [-0.15, -0.1) is 11.3 Å². The number of carbonyl (C=O) groups is 3. The molecule has 2 heterocycles. The lowest BCUT2D eigenvalue weighted by atomic mass is 10.1. The van der Waals surface area contributed by atoms with Crippen molar-refractivity contribution in [3.8, 4) is 11.1 Å². The largest absolute Gasteiger partial charge is 0.478 e. The number of carbonyl (C=O) groups excluding carboxylic acids is 2. The van der Waals surface area contributed by atoms with Crippen LogP contribution < -0.4 is 5.32 Å². The summed E-state index contributed by atoms with van der Waals surface area (Å²) in [7, 11) is 0. The molecule has 3 aromatic rings. The second-order valence-corrected chi connectivity index (χ2v) is 10.0. The number of benzene rings is 2. The molecule has 1 aromatic heterocycles. The molecule has 0 spiro atoms. The van der Waals surface area contributed by atoms with Crippen molar-refractivity contribution >= 4 is 69.2 Å². The average molecular weight is 531 g/mol. The number of thiophene rings is 1. The molecule has 2 amide bonds. The predicted molar refractivity (Wildman–Crippen MR) is 136 cm³/mol.